The van der Waals surface area contributed by atoms with E-state index in [0.717, 1.165) is 26.0 Å². The van der Waals surface area contributed by atoms with Crippen molar-refractivity contribution in [3.05, 3.63) is 29.8 Å². The summed E-state index contributed by atoms with van der Waals surface area (Å²) in [4.78, 5) is 2.31. The van der Waals surface area contributed by atoms with Gasteiger partial charge in [-0.05, 0) is 37.9 Å². The van der Waals surface area contributed by atoms with Crippen molar-refractivity contribution in [2.45, 2.75) is 45.7 Å². The van der Waals surface area contributed by atoms with Crippen LogP contribution in [0.2, 0.25) is 0 Å². The van der Waals surface area contributed by atoms with Gasteiger partial charge in [-0.25, -0.2) is 0 Å². The SMILES string of the molecule is CCCNC(CC)c1ccccc1N(C)C(C)COC. The van der Waals surface area contributed by atoms with Gasteiger partial charge < -0.3 is 15.0 Å². The lowest BCUT2D eigenvalue weighted by Gasteiger charge is -2.31. The first-order chi connectivity index (χ1) is 9.65. The van der Waals surface area contributed by atoms with Gasteiger partial charge in [0.15, 0.2) is 0 Å². The second-order valence-corrected chi connectivity index (χ2v) is 5.39. The molecule has 2 atom stereocenters. The Kier molecular flexibility index (Phi) is 7.63. The molecule has 2 unspecified atom stereocenters. The summed E-state index contributed by atoms with van der Waals surface area (Å²) in [5.74, 6) is 0. The lowest BCUT2D eigenvalue weighted by Crippen LogP contribution is -2.34. The number of para-hydroxylation sites is 1. The zero-order valence-electron chi connectivity index (χ0n) is 13.6. The zero-order valence-corrected chi connectivity index (χ0v) is 13.6. The first-order valence-corrected chi connectivity index (χ1v) is 7.69. The van der Waals surface area contributed by atoms with E-state index in [2.05, 4.69) is 62.3 Å². The van der Waals surface area contributed by atoms with Gasteiger partial charge in [0.25, 0.3) is 0 Å². The van der Waals surface area contributed by atoms with Gasteiger partial charge in [-0.1, -0.05) is 32.0 Å². The molecule has 0 saturated carbocycles. The Morgan fingerprint density at radius 3 is 2.55 bits per heavy atom. The lowest BCUT2D eigenvalue weighted by atomic mass is 10.0. The van der Waals surface area contributed by atoms with Gasteiger partial charge in [0.1, 0.15) is 0 Å². The Hall–Kier alpha value is -1.06. The van der Waals surface area contributed by atoms with Crippen LogP contribution in [-0.2, 0) is 4.74 Å². The van der Waals surface area contributed by atoms with E-state index in [-0.39, 0.29) is 0 Å². The highest BCUT2D eigenvalue weighted by Gasteiger charge is 2.17. The Bertz CT molecular complexity index is 360. The predicted molar refractivity (Wildman–Crippen MR) is 87.5 cm³/mol. The maximum absolute atomic E-state index is 5.28. The molecule has 0 fully saturated rings. The van der Waals surface area contributed by atoms with E-state index in [4.69, 9.17) is 4.74 Å². The molecule has 0 aromatic heterocycles. The van der Waals surface area contributed by atoms with Gasteiger partial charge in [0.2, 0.25) is 0 Å². The van der Waals surface area contributed by atoms with Crippen LogP contribution in [0.4, 0.5) is 5.69 Å². The monoisotopic (exact) mass is 278 g/mol. The van der Waals surface area contributed by atoms with Crippen molar-refractivity contribution < 1.29 is 4.74 Å². The topological polar surface area (TPSA) is 24.5 Å². The van der Waals surface area contributed by atoms with Gasteiger partial charge in [0, 0.05) is 31.9 Å². The molecule has 20 heavy (non-hydrogen) atoms. The number of rotatable bonds is 9. The van der Waals surface area contributed by atoms with Gasteiger partial charge in [-0.15, -0.1) is 0 Å². The van der Waals surface area contributed by atoms with Gasteiger partial charge in [-0.2, -0.15) is 0 Å². The van der Waals surface area contributed by atoms with Crippen LogP contribution in [0, 0.1) is 0 Å². The summed E-state index contributed by atoms with van der Waals surface area (Å²) < 4.78 is 5.28. The molecule has 3 heteroatoms. The molecule has 1 rings (SSSR count). The molecule has 0 amide bonds. The number of ether oxygens (including phenoxy) is 1. The van der Waals surface area contributed by atoms with Crippen molar-refractivity contribution in [1.82, 2.24) is 5.32 Å². The van der Waals surface area contributed by atoms with Crippen molar-refractivity contribution in [1.29, 1.82) is 0 Å². The zero-order chi connectivity index (χ0) is 15.0. The molecule has 0 aliphatic carbocycles. The van der Waals surface area contributed by atoms with E-state index >= 15 is 0 Å². The summed E-state index contributed by atoms with van der Waals surface area (Å²) in [6.07, 6.45) is 2.26. The quantitative estimate of drug-likeness (QED) is 0.747. The van der Waals surface area contributed by atoms with E-state index < -0.39 is 0 Å². The summed E-state index contributed by atoms with van der Waals surface area (Å²) in [6.45, 7) is 8.44. The number of likely N-dealkylation sites (N-methyl/N-ethyl adjacent to an activating group) is 1. The Morgan fingerprint density at radius 1 is 1.25 bits per heavy atom. The fourth-order valence-electron chi connectivity index (χ4n) is 2.49. The molecule has 0 radical (unpaired) electrons. The van der Waals surface area contributed by atoms with Crippen molar-refractivity contribution in [2.24, 2.45) is 0 Å². The van der Waals surface area contributed by atoms with Crippen LogP contribution in [0.1, 0.15) is 45.2 Å². The van der Waals surface area contributed by atoms with Crippen LogP contribution < -0.4 is 10.2 Å². The van der Waals surface area contributed by atoms with E-state index in [1.54, 1.807) is 7.11 Å². The molecule has 3 nitrogen and oxygen atoms in total. The van der Waals surface area contributed by atoms with Crippen LogP contribution in [-0.4, -0.2) is 33.4 Å². The third-order valence-electron chi connectivity index (χ3n) is 3.81. The van der Waals surface area contributed by atoms with Crippen LogP contribution in [0.3, 0.4) is 0 Å². The number of hydrogen-bond acceptors (Lipinski definition) is 3. The molecule has 0 bridgehead atoms. The van der Waals surface area contributed by atoms with E-state index in [1.807, 2.05) is 0 Å². The van der Waals surface area contributed by atoms with Crippen LogP contribution >= 0.6 is 0 Å². The number of hydrogen-bond donors (Lipinski definition) is 1. The summed E-state index contributed by atoms with van der Waals surface area (Å²) in [6, 6.07) is 9.47. The molecule has 0 saturated heterocycles. The highest BCUT2D eigenvalue weighted by molar-refractivity contribution is 5.55. The van der Waals surface area contributed by atoms with Crippen molar-refractivity contribution in [3.63, 3.8) is 0 Å². The van der Waals surface area contributed by atoms with Crippen LogP contribution in [0.15, 0.2) is 24.3 Å². The average molecular weight is 278 g/mol. The molecule has 0 heterocycles. The second-order valence-electron chi connectivity index (χ2n) is 5.39. The Labute approximate surface area is 124 Å². The minimum absolute atomic E-state index is 0.366. The fourth-order valence-corrected chi connectivity index (χ4v) is 2.49. The standard InChI is InChI=1S/C17H30N2O/c1-6-12-18-16(7-2)15-10-8-9-11-17(15)19(4)14(3)13-20-5/h8-11,14,16,18H,6-7,12-13H2,1-5H3. The van der Waals surface area contributed by atoms with Crippen LogP contribution in [0.5, 0.6) is 0 Å². The first-order valence-electron chi connectivity index (χ1n) is 7.69. The normalized spacial score (nSPS) is 14.1. The number of nitrogens with one attached hydrogen (secondary N) is 1. The fraction of sp³-hybridized carbons (Fsp3) is 0.647. The highest BCUT2D eigenvalue weighted by atomic mass is 16.5. The van der Waals surface area contributed by atoms with Crippen molar-refractivity contribution >= 4 is 5.69 Å². The molecule has 114 valence electrons. The third kappa shape index (κ3) is 4.50. The second kappa shape index (κ2) is 8.98. The number of benzene rings is 1. The third-order valence-corrected chi connectivity index (χ3v) is 3.81. The summed E-state index contributed by atoms with van der Waals surface area (Å²) in [5.41, 5.74) is 2.68. The minimum Gasteiger partial charge on any atom is -0.383 e. The number of methoxy groups -OCH3 is 1. The lowest BCUT2D eigenvalue weighted by molar-refractivity contribution is 0.183. The molecule has 1 aromatic rings. The summed E-state index contributed by atoms with van der Waals surface area (Å²) in [5, 5.41) is 3.64. The largest absolute Gasteiger partial charge is 0.383 e. The maximum Gasteiger partial charge on any atom is 0.0663 e. The minimum atomic E-state index is 0.366. The first kappa shape index (κ1) is 17.0. The Balaban J connectivity index is 2.96. The number of anilines is 1. The molecule has 0 aliphatic rings. The number of nitrogens with zero attached hydrogens (tertiary/aromatic N) is 1. The molecule has 1 N–H and O–H groups in total. The maximum atomic E-state index is 5.28. The molecule has 0 aliphatic heterocycles. The van der Waals surface area contributed by atoms with E-state index in [9.17, 15) is 0 Å². The summed E-state index contributed by atoms with van der Waals surface area (Å²) in [7, 11) is 3.91. The molecular weight excluding hydrogens is 248 g/mol. The van der Waals surface area contributed by atoms with Crippen LogP contribution in [0.25, 0.3) is 0 Å². The smallest absolute Gasteiger partial charge is 0.0663 e. The van der Waals surface area contributed by atoms with E-state index in [1.165, 1.54) is 11.3 Å². The van der Waals surface area contributed by atoms with Gasteiger partial charge >= 0.3 is 0 Å². The predicted octanol–water partition coefficient (Wildman–Crippen LogP) is 3.61. The molecule has 0 spiro atoms. The Morgan fingerprint density at radius 2 is 1.95 bits per heavy atom. The van der Waals surface area contributed by atoms with Crippen molar-refractivity contribution in [3.8, 4) is 0 Å². The van der Waals surface area contributed by atoms with Crippen molar-refractivity contribution in [2.75, 3.05) is 32.2 Å². The van der Waals surface area contributed by atoms with Gasteiger partial charge in [-0.3, -0.25) is 0 Å². The van der Waals surface area contributed by atoms with Gasteiger partial charge in [0.05, 0.1) is 6.61 Å². The highest BCUT2D eigenvalue weighted by Crippen LogP contribution is 2.28. The summed E-state index contributed by atoms with van der Waals surface area (Å²) >= 11 is 0. The molecule has 1 aromatic carbocycles. The average Bonchev–Trinajstić information content (AvgIpc) is 2.48. The molecular formula is C17H30N2O. The van der Waals surface area contributed by atoms with E-state index in [0.29, 0.717) is 12.1 Å².